The fourth-order valence-electron chi connectivity index (χ4n) is 0.993. The molecule has 0 aliphatic carbocycles. The number of hydrogen-bond donors (Lipinski definition) is 0. The Bertz CT molecular complexity index is 85.2. The van der Waals surface area contributed by atoms with Gasteiger partial charge in [0.2, 0.25) is 0 Å². The predicted octanol–water partition coefficient (Wildman–Crippen LogP) is 3.17. The fourth-order valence-corrected chi connectivity index (χ4v) is 0.993. The highest BCUT2D eigenvalue weighted by Crippen LogP contribution is 2.04. The minimum absolute atomic E-state index is 0.799. The molecule has 0 heterocycles. The van der Waals surface area contributed by atoms with Crippen LogP contribution in [0.15, 0.2) is 0 Å². The second kappa shape index (κ2) is 6.47. The van der Waals surface area contributed by atoms with E-state index in [0.717, 1.165) is 24.9 Å². The van der Waals surface area contributed by atoms with Gasteiger partial charge in [0.25, 0.3) is 0 Å². The molecule has 0 aliphatic rings. The molecule has 1 nitrogen and oxygen atoms in total. The summed E-state index contributed by atoms with van der Waals surface area (Å²) in [5.41, 5.74) is 0. The Kier molecular flexibility index (Phi) is 6.45. The van der Waals surface area contributed by atoms with Crippen LogP contribution in [0.2, 0.25) is 0 Å². The van der Waals surface area contributed by atoms with Gasteiger partial charge in [-0.15, -0.1) is 0 Å². The Morgan fingerprint density at radius 2 is 1.25 bits per heavy atom. The summed E-state index contributed by atoms with van der Waals surface area (Å²) >= 11 is 0. The molecule has 0 aromatic rings. The first-order valence-corrected chi connectivity index (χ1v) is 5.07. The van der Waals surface area contributed by atoms with E-state index >= 15 is 0 Å². The highest BCUT2D eigenvalue weighted by molar-refractivity contribution is 4.58. The Balaban J connectivity index is 3.27. The van der Waals surface area contributed by atoms with Crippen LogP contribution in [-0.2, 0) is 0 Å². The van der Waals surface area contributed by atoms with Crippen molar-refractivity contribution in [2.45, 2.75) is 40.5 Å². The van der Waals surface area contributed by atoms with Crippen molar-refractivity contribution in [3.8, 4) is 0 Å². The van der Waals surface area contributed by atoms with Crippen molar-refractivity contribution < 1.29 is 0 Å². The summed E-state index contributed by atoms with van der Waals surface area (Å²) in [7, 11) is 4.02. The van der Waals surface area contributed by atoms with Crippen molar-refractivity contribution in [1.29, 1.82) is 0 Å². The van der Waals surface area contributed by atoms with Crippen LogP contribution in [0.5, 0.6) is 0 Å². The van der Waals surface area contributed by atoms with Gasteiger partial charge in [-0.1, -0.05) is 27.7 Å². The Morgan fingerprint density at radius 3 is 1.50 bits per heavy atom. The van der Waals surface area contributed by atoms with Gasteiger partial charge in [0.05, 0.1) is 0 Å². The molecule has 0 saturated heterocycles. The summed E-state index contributed by atoms with van der Waals surface area (Å²) in [6, 6.07) is 0. The van der Waals surface area contributed by atoms with E-state index in [0.29, 0.717) is 0 Å². The standard InChI is InChI=1S/C11H24N/c1-10(2)6-8-12(5)9-7-11(3)4/h10-11H,5-9H2,1-4H3. The smallest absolute Gasteiger partial charge is 0.0109 e. The first-order chi connectivity index (χ1) is 5.52. The summed E-state index contributed by atoms with van der Waals surface area (Å²) in [6.45, 7) is 11.3. The molecule has 0 spiro atoms. The minimum atomic E-state index is 0.799. The van der Waals surface area contributed by atoms with Gasteiger partial charge in [0, 0.05) is 7.05 Å². The quantitative estimate of drug-likeness (QED) is 0.592. The predicted molar refractivity (Wildman–Crippen MR) is 55.8 cm³/mol. The van der Waals surface area contributed by atoms with Gasteiger partial charge in [-0.2, -0.15) is 0 Å². The van der Waals surface area contributed by atoms with Gasteiger partial charge in [0.15, 0.2) is 0 Å². The average Bonchev–Trinajstić information content (AvgIpc) is 1.96. The van der Waals surface area contributed by atoms with Crippen LogP contribution in [0.1, 0.15) is 40.5 Å². The monoisotopic (exact) mass is 170 g/mol. The third kappa shape index (κ3) is 8.06. The van der Waals surface area contributed by atoms with Crippen LogP contribution in [0.3, 0.4) is 0 Å². The molecule has 0 fully saturated rings. The molecule has 0 unspecified atom stereocenters. The molecular formula is C11H24N. The molecule has 0 aromatic heterocycles. The van der Waals surface area contributed by atoms with Crippen molar-refractivity contribution in [1.82, 2.24) is 4.90 Å². The van der Waals surface area contributed by atoms with Crippen LogP contribution in [0.4, 0.5) is 0 Å². The Labute approximate surface area is 78.1 Å². The highest BCUT2D eigenvalue weighted by Gasteiger charge is 2.01. The van der Waals surface area contributed by atoms with E-state index in [4.69, 9.17) is 0 Å². The molecule has 0 amide bonds. The lowest BCUT2D eigenvalue weighted by Gasteiger charge is -2.18. The molecule has 0 aliphatic heterocycles. The van der Waals surface area contributed by atoms with Crippen LogP contribution in [-0.4, -0.2) is 18.0 Å². The zero-order valence-electron chi connectivity index (χ0n) is 9.14. The number of hydrogen-bond acceptors (Lipinski definition) is 1. The van der Waals surface area contributed by atoms with Crippen molar-refractivity contribution in [3.05, 3.63) is 7.05 Å². The summed E-state index contributed by atoms with van der Waals surface area (Å²) in [6.07, 6.45) is 2.53. The average molecular weight is 170 g/mol. The number of nitrogens with zero attached hydrogens (tertiary/aromatic N) is 1. The summed E-state index contributed by atoms with van der Waals surface area (Å²) in [5.74, 6) is 1.60. The van der Waals surface area contributed by atoms with Gasteiger partial charge >= 0.3 is 0 Å². The molecule has 1 radical (unpaired) electrons. The lowest BCUT2D eigenvalue weighted by atomic mass is 10.1. The van der Waals surface area contributed by atoms with Crippen LogP contribution < -0.4 is 0 Å². The van der Waals surface area contributed by atoms with E-state index in [1.807, 2.05) is 0 Å². The zero-order chi connectivity index (χ0) is 9.56. The van der Waals surface area contributed by atoms with Gasteiger partial charge in [-0.25, -0.2) is 0 Å². The van der Waals surface area contributed by atoms with Crippen LogP contribution in [0.25, 0.3) is 0 Å². The summed E-state index contributed by atoms with van der Waals surface area (Å²) < 4.78 is 0. The second-order valence-corrected chi connectivity index (χ2v) is 4.48. The molecule has 0 rings (SSSR count). The Hall–Kier alpha value is -0.0400. The molecule has 0 atom stereocenters. The van der Waals surface area contributed by atoms with Gasteiger partial charge in [-0.3, -0.25) is 0 Å². The SMILES string of the molecule is [CH2]N(CCC(C)C)CCC(C)C. The van der Waals surface area contributed by atoms with E-state index < -0.39 is 0 Å². The van der Waals surface area contributed by atoms with Crippen molar-refractivity contribution in [3.63, 3.8) is 0 Å². The maximum atomic E-state index is 4.02. The van der Waals surface area contributed by atoms with E-state index in [2.05, 4.69) is 39.6 Å². The summed E-state index contributed by atoms with van der Waals surface area (Å²) in [5, 5.41) is 0. The zero-order valence-corrected chi connectivity index (χ0v) is 9.14. The molecule has 73 valence electrons. The second-order valence-electron chi connectivity index (χ2n) is 4.48. The topological polar surface area (TPSA) is 3.24 Å². The largest absolute Gasteiger partial charge is 0.302 e. The van der Waals surface area contributed by atoms with Gasteiger partial charge < -0.3 is 4.90 Å². The molecular weight excluding hydrogens is 146 g/mol. The van der Waals surface area contributed by atoms with E-state index in [1.54, 1.807) is 0 Å². The third-order valence-electron chi connectivity index (χ3n) is 2.05. The van der Waals surface area contributed by atoms with E-state index in [9.17, 15) is 0 Å². The first kappa shape index (κ1) is 12.0. The Morgan fingerprint density at radius 1 is 0.917 bits per heavy atom. The normalized spacial score (nSPS) is 12.0. The van der Waals surface area contributed by atoms with Crippen molar-refractivity contribution >= 4 is 0 Å². The molecule has 0 saturated carbocycles. The van der Waals surface area contributed by atoms with Gasteiger partial charge in [0.1, 0.15) is 0 Å². The fraction of sp³-hybridized carbons (Fsp3) is 0.909. The lowest BCUT2D eigenvalue weighted by Crippen LogP contribution is -2.20. The van der Waals surface area contributed by atoms with E-state index in [-0.39, 0.29) is 0 Å². The lowest BCUT2D eigenvalue weighted by molar-refractivity contribution is 0.319. The first-order valence-electron chi connectivity index (χ1n) is 5.07. The van der Waals surface area contributed by atoms with Crippen LogP contribution >= 0.6 is 0 Å². The minimum Gasteiger partial charge on any atom is -0.302 e. The maximum Gasteiger partial charge on any atom is 0.0109 e. The molecule has 0 aromatic carbocycles. The molecule has 0 N–H and O–H groups in total. The molecule has 0 bridgehead atoms. The van der Waals surface area contributed by atoms with Crippen molar-refractivity contribution in [2.75, 3.05) is 13.1 Å². The van der Waals surface area contributed by atoms with E-state index in [1.165, 1.54) is 12.8 Å². The van der Waals surface area contributed by atoms with Gasteiger partial charge in [-0.05, 0) is 37.8 Å². The third-order valence-corrected chi connectivity index (χ3v) is 2.05. The number of rotatable bonds is 6. The van der Waals surface area contributed by atoms with Crippen LogP contribution in [0, 0.1) is 18.9 Å². The highest BCUT2D eigenvalue weighted by atomic mass is 15.1. The molecule has 1 heteroatoms. The molecule has 12 heavy (non-hydrogen) atoms. The maximum absolute atomic E-state index is 4.02. The van der Waals surface area contributed by atoms with Crippen molar-refractivity contribution in [2.24, 2.45) is 11.8 Å². The summed E-state index contributed by atoms with van der Waals surface area (Å²) in [4.78, 5) is 2.19.